The molecule has 5 aromatic rings. The number of pyridine rings is 1. The molecule has 202 valence electrons. The molecule has 0 fully saturated rings. The van der Waals surface area contributed by atoms with Crippen LogP contribution in [0.3, 0.4) is 0 Å². The van der Waals surface area contributed by atoms with Crippen LogP contribution in [0.4, 0.5) is 5.82 Å². The summed E-state index contributed by atoms with van der Waals surface area (Å²) in [6.07, 6.45) is 2.46. The smallest absolute Gasteiger partial charge is 0.343 e. The highest BCUT2D eigenvalue weighted by Crippen LogP contribution is 2.31. The molecule has 0 aliphatic rings. The number of nitrogens with one attached hydrogen (secondary N) is 1. The van der Waals surface area contributed by atoms with Crippen molar-refractivity contribution in [1.29, 1.82) is 5.26 Å². The van der Waals surface area contributed by atoms with Crippen molar-refractivity contribution < 1.29 is 14.6 Å². The third-order valence-electron chi connectivity index (χ3n) is 6.45. The van der Waals surface area contributed by atoms with E-state index in [-0.39, 0.29) is 12.2 Å². The molecule has 0 aliphatic carbocycles. The molecule has 0 bridgehead atoms. The summed E-state index contributed by atoms with van der Waals surface area (Å²) in [5.74, 6) is 0.259. The highest BCUT2D eigenvalue weighted by molar-refractivity contribution is 7.99. The molecule has 0 saturated carbocycles. The number of hydrogen-bond acceptors (Lipinski definition) is 8. The minimum Gasteiger partial charge on any atom is -0.514 e. The molecule has 0 amide bonds. The topological polar surface area (TPSA) is 117 Å². The summed E-state index contributed by atoms with van der Waals surface area (Å²) in [5, 5.41) is 28.5. The van der Waals surface area contributed by atoms with Gasteiger partial charge in [-0.3, -0.25) is 4.40 Å². The van der Waals surface area contributed by atoms with E-state index in [0.717, 1.165) is 39.0 Å². The third-order valence-corrected chi connectivity index (χ3v) is 7.50. The molecule has 5 rings (SSSR count). The number of thioether (sulfide) groups is 1. The van der Waals surface area contributed by atoms with Crippen molar-refractivity contribution in [3.63, 3.8) is 0 Å². The van der Waals surface area contributed by atoms with Gasteiger partial charge in [-0.05, 0) is 50.1 Å². The molecule has 2 aromatic carbocycles. The van der Waals surface area contributed by atoms with Crippen LogP contribution in [0, 0.1) is 25.2 Å². The predicted octanol–water partition coefficient (Wildman–Crippen LogP) is 6.00. The normalized spacial score (nSPS) is 11.6. The Morgan fingerprint density at radius 3 is 2.70 bits per heavy atom. The number of para-hydroxylation sites is 2. The van der Waals surface area contributed by atoms with Gasteiger partial charge < -0.3 is 15.2 Å². The monoisotopic (exact) mass is 552 g/mol. The Kier molecular flexibility index (Phi) is 7.75. The molecule has 40 heavy (non-hydrogen) atoms. The Balaban J connectivity index is 1.46. The zero-order chi connectivity index (χ0) is 28.2. The summed E-state index contributed by atoms with van der Waals surface area (Å²) in [6.45, 7) is 6.31. The van der Waals surface area contributed by atoms with Gasteiger partial charge >= 0.3 is 5.97 Å². The fourth-order valence-electron chi connectivity index (χ4n) is 4.43. The SMILES string of the molecule is CCOC(=O)c1cnn(Cc2ccc(C)cc2)c1N/C(=C/O)CSc1cc(C)c(C#N)c2nc3ccccc3n12. The molecule has 3 heterocycles. The number of aliphatic hydroxyl groups excluding tert-OH is 1. The van der Waals surface area contributed by atoms with E-state index in [0.29, 0.717) is 35.0 Å². The van der Waals surface area contributed by atoms with E-state index in [1.165, 1.54) is 18.0 Å². The molecule has 0 atom stereocenters. The minimum atomic E-state index is -0.501. The van der Waals surface area contributed by atoms with Gasteiger partial charge in [0.1, 0.15) is 17.5 Å². The number of nitrogens with zero attached hydrogens (tertiary/aromatic N) is 5. The quantitative estimate of drug-likeness (QED) is 0.130. The first kappa shape index (κ1) is 26.8. The van der Waals surface area contributed by atoms with Crippen LogP contribution in [-0.2, 0) is 11.3 Å². The number of ether oxygens (including phenoxy) is 1. The number of esters is 1. The molecule has 3 aromatic heterocycles. The number of fused-ring (bicyclic) bond motifs is 3. The van der Waals surface area contributed by atoms with Crippen LogP contribution in [0.2, 0.25) is 0 Å². The lowest BCUT2D eigenvalue weighted by Crippen LogP contribution is -2.14. The lowest BCUT2D eigenvalue weighted by Gasteiger charge is -2.15. The van der Waals surface area contributed by atoms with Crippen molar-refractivity contribution in [2.75, 3.05) is 17.7 Å². The van der Waals surface area contributed by atoms with Gasteiger partial charge in [-0.15, -0.1) is 11.8 Å². The Hall–Kier alpha value is -4.75. The average Bonchev–Trinajstić information content (AvgIpc) is 3.53. The minimum absolute atomic E-state index is 0.229. The number of carbonyl (C=O) groups excluding carboxylic acids is 1. The van der Waals surface area contributed by atoms with Crippen molar-refractivity contribution in [2.24, 2.45) is 0 Å². The van der Waals surface area contributed by atoms with E-state index >= 15 is 0 Å². The van der Waals surface area contributed by atoms with Crippen LogP contribution in [-0.4, -0.2) is 42.6 Å². The number of carbonyl (C=O) groups is 1. The second kappa shape index (κ2) is 11.6. The van der Waals surface area contributed by atoms with Crippen molar-refractivity contribution in [1.82, 2.24) is 19.2 Å². The summed E-state index contributed by atoms with van der Waals surface area (Å²) in [5.41, 5.74) is 6.51. The van der Waals surface area contributed by atoms with Crippen LogP contribution in [0.15, 0.2) is 77.8 Å². The largest absolute Gasteiger partial charge is 0.514 e. The molecule has 0 unspecified atom stereocenters. The standard InChI is InChI=1S/C30H28N6O3S/c1-4-39-30(38)24-15-32-35(16-21-11-9-19(2)10-12-21)28(24)33-22(17-37)18-40-27-13-20(3)23(14-31)29-34-25-7-5-6-8-26(25)36(27)29/h5-13,15,17,33,37H,4,16,18H2,1-3H3/b22-17+. The van der Waals surface area contributed by atoms with Gasteiger partial charge in [0.05, 0.1) is 52.9 Å². The lowest BCUT2D eigenvalue weighted by atomic mass is 10.1. The zero-order valence-electron chi connectivity index (χ0n) is 22.4. The van der Waals surface area contributed by atoms with E-state index in [4.69, 9.17) is 9.72 Å². The molecule has 2 N–H and O–H groups in total. The van der Waals surface area contributed by atoms with E-state index < -0.39 is 5.97 Å². The maximum absolute atomic E-state index is 12.7. The fourth-order valence-corrected chi connectivity index (χ4v) is 5.45. The number of aliphatic hydroxyl groups is 1. The lowest BCUT2D eigenvalue weighted by molar-refractivity contribution is 0.0527. The molecule has 9 nitrogen and oxygen atoms in total. The van der Waals surface area contributed by atoms with Crippen LogP contribution in [0.5, 0.6) is 0 Å². The summed E-state index contributed by atoms with van der Waals surface area (Å²) in [7, 11) is 0. The van der Waals surface area contributed by atoms with Crippen molar-refractivity contribution >= 4 is 40.2 Å². The molecule has 10 heteroatoms. The molecular formula is C30H28N6O3S. The van der Waals surface area contributed by atoms with Crippen LogP contribution < -0.4 is 5.32 Å². The Bertz CT molecular complexity index is 1780. The highest BCUT2D eigenvalue weighted by atomic mass is 32.2. The molecular weight excluding hydrogens is 524 g/mol. The summed E-state index contributed by atoms with van der Waals surface area (Å²) in [4.78, 5) is 17.4. The first-order valence-corrected chi connectivity index (χ1v) is 13.7. The number of aryl methyl sites for hydroxylation is 2. The van der Waals surface area contributed by atoms with E-state index in [1.807, 2.05) is 72.8 Å². The van der Waals surface area contributed by atoms with Crippen molar-refractivity contribution in [2.45, 2.75) is 32.3 Å². The van der Waals surface area contributed by atoms with Crippen LogP contribution >= 0.6 is 11.8 Å². The second-order valence-corrected chi connectivity index (χ2v) is 10.2. The zero-order valence-corrected chi connectivity index (χ0v) is 23.2. The Morgan fingerprint density at radius 1 is 1.20 bits per heavy atom. The summed E-state index contributed by atoms with van der Waals surface area (Å²) in [6, 6.07) is 20.0. The third kappa shape index (κ3) is 5.24. The molecule has 0 radical (unpaired) electrons. The summed E-state index contributed by atoms with van der Waals surface area (Å²) < 4.78 is 8.90. The number of benzene rings is 2. The fraction of sp³-hybridized carbons (Fsp3) is 0.200. The van der Waals surface area contributed by atoms with E-state index in [9.17, 15) is 15.2 Å². The maximum Gasteiger partial charge on any atom is 0.343 e. The first-order chi connectivity index (χ1) is 19.4. The van der Waals surface area contributed by atoms with E-state index in [1.54, 1.807) is 11.6 Å². The molecule has 0 spiro atoms. The summed E-state index contributed by atoms with van der Waals surface area (Å²) >= 11 is 1.47. The van der Waals surface area contributed by atoms with Gasteiger partial charge in [0.25, 0.3) is 0 Å². The van der Waals surface area contributed by atoms with Crippen molar-refractivity contribution in [3.05, 3.63) is 101 Å². The van der Waals surface area contributed by atoms with Crippen molar-refractivity contribution in [3.8, 4) is 6.07 Å². The number of rotatable bonds is 9. The average molecular weight is 553 g/mol. The molecule has 0 saturated heterocycles. The van der Waals surface area contributed by atoms with Gasteiger partial charge in [-0.1, -0.05) is 42.0 Å². The van der Waals surface area contributed by atoms with Crippen LogP contribution in [0.1, 0.15) is 39.5 Å². The number of hydrogen-bond donors (Lipinski definition) is 2. The van der Waals surface area contributed by atoms with Gasteiger partial charge in [0, 0.05) is 5.75 Å². The number of imidazole rings is 1. The first-order valence-electron chi connectivity index (χ1n) is 12.8. The van der Waals surface area contributed by atoms with E-state index in [2.05, 4.69) is 16.5 Å². The second-order valence-electron chi connectivity index (χ2n) is 9.25. The maximum atomic E-state index is 12.7. The van der Waals surface area contributed by atoms with Crippen LogP contribution in [0.25, 0.3) is 16.7 Å². The predicted molar refractivity (Wildman–Crippen MR) is 156 cm³/mol. The number of anilines is 1. The Labute approximate surface area is 235 Å². The number of nitriles is 1. The van der Waals surface area contributed by atoms with Gasteiger partial charge in [-0.2, -0.15) is 10.4 Å². The van der Waals surface area contributed by atoms with Gasteiger partial charge in [0.2, 0.25) is 0 Å². The Morgan fingerprint density at radius 2 is 1.98 bits per heavy atom. The molecule has 0 aliphatic heterocycles. The van der Waals surface area contributed by atoms with Gasteiger partial charge in [-0.25, -0.2) is 14.5 Å². The highest BCUT2D eigenvalue weighted by Gasteiger charge is 2.21. The van der Waals surface area contributed by atoms with Gasteiger partial charge in [0.15, 0.2) is 5.65 Å². The number of aromatic nitrogens is 4.